The van der Waals surface area contributed by atoms with Crippen molar-refractivity contribution in [3.8, 4) is 0 Å². The maximum atomic E-state index is 12.2. The normalized spacial score (nSPS) is 10.3. The molecule has 1 amide bonds. The zero-order valence-corrected chi connectivity index (χ0v) is 13.7. The second kappa shape index (κ2) is 7.49. The van der Waals surface area contributed by atoms with Crippen molar-refractivity contribution in [3.63, 3.8) is 0 Å². The van der Waals surface area contributed by atoms with E-state index in [0.717, 1.165) is 11.1 Å². The summed E-state index contributed by atoms with van der Waals surface area (Å²) in [5.41, 5.74) is 2.65. The van der Waals surface area contributed by atoms with Gasteiger partial charge in [0.15, 0.2) is 5.76 Å². The zero-order valence-electron chi connectivity index (χ0n) is 13.7. The van der Waals surface area contributed by atoms with Crippen LogP contribution in [0.25, 0.3) is 0 Å². The summed E-state index contributed by atoms with van der Waals surface area (Å²) in [6, 6.07) is 17.7. The molecule has 1 N–H and O–H groups in total. The lowest BCUT2D eigenvalue weighted by molar-refractivity contribution is 0.0472. The minimum Gasteiger partial charge on any atom is -0.459 e. The van der Waals surface area contributed by atoms with E-state index in [1.807, 2.05) is 37.3 Å². The number of amides is 1. The first kappa shape index (κ1) is 16.5. The lowest BCUT2D eigenvalue weighted by Crippen LogP contribution is -2.13. The van der Waals surface area contributed by atoms with E-state index in [4.69, 9.17) is 9.15 Å². The fourth-order valence-electron chi connectivity index (χ4n) is 2.28. The first-order valence-electron chi connectivity index (χ1n) is 7.80. The van der Waals surface area contributed by atoms with Gasteiger partial charge in [-0.1, -0.05) is 36.4 Å². The van der Waals surface area contributed by atoms with Crippen LogP contribution in [0, 0.1) is 6.92 Å². The number of benzene rings is 2. The molecule has 3 aromatic rings. The van der Waals surface area contributed by atoms with Gasteiger partial charge in [0.2, 0.25) is 0 Å². The average molecular weight is 335 g/mol. The Morgan fingerprint density at radius 1 is 1.04 bits per heavy atom. The number of anilines is 1. The predicted molar refractivity (Wildman–Crippen MR) is 93.4 cm³/mol. The molecule has 0 aliphatic carbocycles. The largest absolute Gasteiger partial charge is 0.459 e. The number of hydrogen-bond donors (Lipinski definition) is 1. The van der Waals surface area contributed by atoms with Gasteiger partial charge in [-0.3, -0.25) is 4.79 Å². The van der Waals surface area contributed by atoms with Gasteiger partial charge in [-0.05, 0) is 42.3 Å². The van der Waals surface area contributed by atoms with Gasteiger partial charge in [-0.15, -0.1) is 0 Å². The van der Waals surface area contributed by atoms with Crippen molar-refractivity contribution in [3.05, 3.63) is 89.4 Å². The van der Waals surface area contributed by atoms with Gasteiger partial charge in [-0.2, -0.15) is 0 Å². The Morgan fingerprint density at radius 3 is 2.56 bits per heavy atom. The van der Waals surface area contributed by atoms with Crippen LogP contribution in [0.15, 0.2) is 71.3 Å². The van der Waals surface area contributed by atoms with E-state index in [-0.39, 0.29) is 18.3 Å². The van der Waals surface area contributed by atoms with E-state index in [1.54, 1.807) is 30.3 Å². The molecule has 0 atom stereocenters. The van der Waals surface area contributed by atoms with Crippen LogP contribution in [-0.4, -0.2) is 11.9 Å². The summed E-state index contributed by atoms with van der Waals surface area (Å²) in [5, 5.41) is 2.74. The molecule has 0 saturated carbocycles. The maximum Gasteiger partial charge on any atom is 0.338 e. The molecule has 1 heterocycles. The first-order valence-corrected chi connectivity index (χ1v) is 7.80. The Hall–Kier alpha value is -3.34. The molecular weight excluding hydrogens is 318 g/mol. The molecule has 2 aromatic carbocycles. The topological polar surface area (TPSA) is 68.5 Å². The number of carbonyl (C=O) groups is 2. The molecule has 5 heteroatoms. The number of carbonyl (C=O) groups excluding carboxylic acids is 2. The predicted octanol–water partition coefficient (Wildman–Crippen LogP) is 4.20. The second-order valence-corrected chi connectivity index (χ2v) is 5.52. The van der Waals surface area contributed by atoms with E-state index in [2.05, 4.69) is 5.32 Å². The molecule has 25 heavy (non-hydrogen) atoms. The average Bonchev–Trinajstić information content (AvgIpc) is 3.17. The van der Waals surface area contributed by atoms with Gasteiger partial charge < -0.3 is 14.5 Å². The molecule has 1 aromatic heterocycles. The van der Waals surface area contributed by atoms with Crippen molar-refractivity contribution >= 4 is 17.6 Å². The summed E-state index contributed by atoms with van der Waals surface area (Å²) in [7, 11) is 0. The molecule has 3 rings (SSSR count). The molecule has 0 radical (unpaired) electrons. The van der Waals surface area contributed by atoms with Crippen molar-refractivity contribution in [2.75, 3.05) is 5.32 Å². The Bertz CT molecular complexity index is 870. The highest BCUT2D eigenvalue weighted by Gasteiger charge is 2.13. The van der Waals surface area contributed by atoms with Crippen LogP contribution in [-0.2, 0) is 11.3 Å². The number of nitrogens with one attached hydrogen (secondary N) is 1. The molecule has 0 fully saturated rings. The highest BCUT2D eigenvalue weighted by molar-refractivity contribution is 6.03. The Labute approximate surface area is 145 Å². The third-order valence-electron chi connectivity index (χ3n) is 3.68. The lowest BCUT2D eigenvalue weighted by Gasteiger charge is -2.10. The van der Waals surface area contributed by atoms with Crippen molar-refractivity contribution < 1.29 is 18.7 Å². The first-order chi connectivity index (χ1) is 12.1. The van der Waals surface area contributed by atoms with E-state index in [0.29, 0.717) is 11.3 Å². The highest BCUT2D eigenvalue weighted by atomic mass is 16.5. The highest BCUT2D eigenvalue weighted by Crippen LogP contribution is 2.19. The maximum absolute atomic E-state index is 12.2. The summed E-state index contributed by atoms with van der Waals surface area (Å²) in [6.45, 7) is 2.04. The number of esters is 1. The molecule has 0 aliphatic rings. The van der Waals surface area contributed by atoms with Gasteiger partial charge in [0, 0.05) is 5.69 Å². The van der Waals surface area contributed by atoms with Crippen molar-refractivity contribution in [1.29, 1.82) is 0 Å². The molecule has 0 unspecified atom stereocenters. The van der Waals surface area contributed by atoms with Crippen LogP contribution in [0.1, 0.15) is 32.0 Å². The molecule has 0 spiro atoms. The van der Waals surface area contributed by atoms with Crippen LogP contribution in [0.2, 0.25) is 0 Å². The van der Waals surface area contributed by atoms with E-state index in [9.17, 15) is 9.59 Å². The lowest BCUT2D eigenvalue weighted by atomic mass is 10.1. The van der Waals surface area contributed by atoms with Gasteiger partial charge >= 0.3 is 5.97 Å². The van der Waals surface area contributed by atoms with Crippen molar-refractivity contribution in [1.82, 2.24) is 0 Å². The minimum absolute atomic E-state index is 0.196. The molecule has 0 aliphatic heterocycles. The van der Waals surface area contributed by atoms with Crippen LogP contribution >= 0.6 is 0 Å². The SMILES string of the molecule is Cc1ccc(C(=O)OCc2ccccc2)cc1NC(=O)c1ccco1. The third kappa shape index (κ3) is 4.14. The van der Waals surface area contributed by atoms with Gasteiger partial charge in [0.1, 0.15) is 6.61 Å². The number of furan rings is 1. The standard InChI is InChI=1S/C20H17NO4/c1-14-9-10-16(20(23)25-13-15-6-3-2-4-7-15)12-17(14)21-19(22)18-8-5-11-24-18/h2-12H,13H2,1H3,(H,21,22). The molecular formula is C20H17NO4. The Balaban J connectivity index is 1.70. The monoisotopic (exact) mass is 335 g/mol. The number of aryl methyl sites for hydroxylation is 1. The third-order valence-corrected chi connectivity index (χ3v) is 3.68. The number of rotatable bonds is 5. The second-order valence-electron chi connectivity index (χ2n) is 5.52. The van der Waals surface area contributed by atoms with Crippen LogP contribution in [0.3, 0.4) is 0 Å². The zero-order chi connectivity index (χ0) is 17.6. The van der Waals surface area contributed by atoms with Crippen LogP contribution < -0.4 is 5.32 Å². The molecule has 0 bridgehead atoms. The van der Waals surface area contributed by atoms with Gasteiger partial charge in [-0.25, -0.2) is 4.79 Å². The van der Waals surface area contributed by atoms with E-state index >= 15 is 0 Å². The van der Waals surface area contributed by atoms with Crippen molar-refractivity contribution in [2.24, 2.45) is 0 Å². The van der Waals surface area contributed by atoms with Gasteiger partial charge in [0.25, 0.3) is 5.91 Å². The molecule has 5 nitrogen and oxygen atoms in total. The van der Waals surface area contributed by atoms with E-state index < -0.39 is 5.97 Å². The van der Waals surface area contributed by atoms with Crippen molar-refractivity contribution in [2.45, 2.75) is 13.5 Å². The smallest absolute Gasteiger partial charge is 0.338 e. The quantitative estimate of drug-likeness (QED) is 0.710. The summed E-state index contributed by atoms with van der Waals surface area (Å²) in [5.74, 6) is -0.614. The Kier molecular flexibility index (Phi) is 4.95. The summed E-state index contributed by atoms with van der Waals surface area (Å²) >= 11 is 0. The number of hydrogen-bond acceptors (Lipinski definition) is 4. The fraction of sp³-hybridized carbons (Fsp3) is 0.100. The van der Waals surface area contributed by atoms with E-state index in [1.165, 1.54) is 6.26 Å². The van der Waals surface area contributed by atoms with Gasteiger partial charge in [0.05, 0.1) is 11.8 Å². The minimum atomic E-state index is -0.447. The van der Waals surface area contributed by atoms with Crippen LogP contribution in [0.4, 0.5) is 5.69 Å². The molecule has 126 valence electrons. The summed E-state index contributed by atoms with van der Waals surface area (Å²) < 4.78 is 10.4. The van der Waals surface area contributed by atoms with Crippen LogP contribution in [0.5, 0.6) is 0 Å². The summed E-state index contributed by atoms with van der Waals surface area (Å²) in [6.07, 6.45) is 1.43. The summed E-state index contributed by atoms with van der Waals surface area (Å²) in [4.78, 5) is 24.3. The fourth-order valence-corrected chi connectivity index (χ4v) is 2.28. The Morgan fingerprint density at radius 2 is 1.84 bits per heavy atom. The molecule has 0 saturated heterocycles. The number of ether oxygens (including phenoxy) is 1.